The minimum absolute atomic E-state index is 0.425. The third-order valence-electron chi connectivity index (χ3n) is 5.68. The number of piperazine rings is 1. The van der Waals surface area contributed by atoms with E-state index >= 15 is 0 Å². The van der Waals surface area contributed by atoms with Crippen molar-refractivity contribution in [1.82, 2.24) is 15.3 Å². The molecule has 5 heterocycles. The second-order valence-corrected chi connectivity index (χ2v) is 9.00. The second kappa shape index (κ2) is 6.29. The number of fused-ring (bicyclic) bond motifs is 5. The van der Waals surface area contributed by atoms with Gasteiger partial charge in [0, 0.05) is 36.8 Å². The lowest BCUT2D eigenvalue weighted by molar-refractivity contribution is 0.0787. The van der Waals surface area contributed by atoms with Crippen LogP contribution in [0.2, 0.25) is 0 Å². The number of benzene rings is 1. The molecule has 2 atom stereocenters. The Bertz CT molecular complexity index is 956. The van der Waals surface area contributed by atoms with Gasteiger partial charge >= 0.3 is 0 Å². The first-order valence-electron chi connectivity index (χ1n) is 9.56. The number of thiazole rings is 1. The van der Waals surface area contributed by atoms with Gasteiger partial charge in [-0.25, -0.2) is 4.98 Å². The van der Waals surface area contributed by atoms with Crippen LogP contribution in [0.15, 0.2) is 28.1 Å². The van der Waals surface area contributed by atoms with Crippen LogP contribution in [-0.4, -0.2) is 40.2 Å². The van der Waals surface area contributed by atoms with Gasteiger partial charge in [-0.1, -0.05) is 0 Å². The molecule has 2 unspecified atom stereocenters. The summed E-state index contributed by atoms with van der Waals surface area (Å²) >= 11 is 1.57. The number of hydrogen-bond acceptors (Lipinski definition) is 7. The molecule has 2 N–H and O–H groups in total. The van der Waals surface area contributed by atoms with Crippen LogP contribution in [-0.2, 0) is 5.60 Å². The number of aromatic nitrogens is 2. The molecule has 3 saturated heterocycles. The van der Waals surface area contributed by atoms with E-state index in [0.29, 0.717) is 18.1 Å². The topological polar surface area (TPSA) is 74.4 Å². The van der Waals surface area contributed by atoms with Crippen LogP contribution in [0.1, 0.15) is 38.7 Å². The second-order valence-electron chi connectivity index (χ2n) is 8.11. The molecule has 3 aromatic rings. The number of aliphatic hydroxyl groups is 1. The van der Waals surface area contributed by atoms with Crippen molar-refractivity contribution in [3.63, 3.8) is 0 Å². The van der Waals surface area contributed by atoms with Gasteiger partial charge in [0.15, 0.2) is 5.58 Å². The van der Waals surface area contributed by atoms with E-state index in [2.05, 4.69) is 15.2 Å². The molecule has 7 heteroatoms. The minimum atomic E-state index is -0.953. The van der Waals surface area contributed by atoms with Gasteiger partial charge in [-0.05, 0) is 50.8 Å². The number of nitrogens with zero attached hydrogens (tertiary/aromatic N) is 3. The third kappa shape index (κ3) is 3.03. The predicted molar refractivity (Wildman–Crippen MR) is 107 cm³/mol. The van der Waals surface area contributed by atoms with Crippen molar-refractivity contribution in [1.29, 1.82) is 0 Å². The fourth-order valence-electron chi connectivity index (χ4n) is 4.16. The number of oxazole rings is 1. The van der Waals surface area contributed by atoms with Gasteiger partial charge < -0.3 is 19.7 Å². The largest absolute Gasteiger partial charge is 0.423 e. The predicted octanol–water partition coefficient (Wildman–Crippen LogP) is 3.51. The summed E-state index contributed by atoms with van der Waals surface area (Å²) < 4.78 is 6.31. The molecule has 3 fully saturated rings. The Hall–Kier alpha value is -1.96. The van der Waals surface area contributed by atoms with E-state index in [-0.39, 0.29) is 0 Å². The summed E-state index contributed by atoms with van der Waals surface area (Å²) in [5.74, 6) is 0. The normalized spacial score (nSPS) is 23.1. The first-order valence-corrected chi connectivity index (χ1v) is 10.4. The first kappa shape index (κ1) is 17.2. The first-order chi connectivity index (χ1) is 13.0. The molecule has 27 heavy (non-hydrogen) atoms. The molecule has 2 bridgehead atoms. The highest BCUT2D eigenvalue weighted by Crippen LogP contribution is 2.38. The molecular weight excluding hydrogens is 360 g/mol. The molecule has 0 spiro atoms. The molecule has 6 nitrogen and oxygen atoms in total. The van der Waals surface area contributed by atoms with E-state index in [0.717, 1.165) is 46.7 Å². The highest BCUT2D eigenvalue weighted by Gasteiger charge is 2.34. The van der Waals surface area contributed by atoms with Crippen molar-refractivity contribution >= 4 is 28.5 Å². The van der Waals surface area contributed by atoms with Crippen LogP contribution < -0.4 is 10.2 Å². The Morgan fingerprint density at radius 1 is 1.33 bits per heavy atom. The molecule has 3 aliphatic heterocycles. The SMILES string of the molecule is CC(C)(O)c1cc(-c2nccs2)c2oc(N3CC4CCCC3CN4)nc2c1. The van der Waals surface area contributed by atoms with Crippen molar-refractivity contribution in [3.8, 4) is 10.6 Å². The number of rotatable bonds is 3. The quantitative estimate of drug-likeness (QED) is 0.720. The zero-order chi connectivity index (χ0) is 18.6. The molecule has 6 rings (SSSR count). The van der Waals surface area contributed by atoms with Crippen molar-refractivity contribution in [3.05, 3.63) is 29.3 Å². The maximum absolute atomic E-state index is 10.6. The molecule has 1 aromatic carbocycles. The van der Waals surface area contributed by atoms with E-state index in [1.807, 2.05) is 17.5 Å². The van der Waals surface area contributed by atoms with Gasteiger partial charge in [-0.3, -0.25) is 0 Å². The van der Waals surface area contributed by atoms with Crippen LogP contribution in [0, 0.1) is 0 Å². The third-order valence-corrected chi connectivity index (χ3v) is 6.49. The fraction of sp³-hybridized carbons (Fsp3) is 0.500. The van der Waals surface area contributed by atoms with Gasteiger partial charge in [0.1, 0.15) is 10.5 Å². The summed E-state index contributed by atoms with van der Waals surface area (Å²) in [7, 11) is 0. The molecule has 3 aliphatic rings. The van der Waals surface area contributed by atoms with Crippen LogP contribution in [0.5, 0.6) is 0 Å². The average Bonchev–Trinajstić information content (AvgIpc) is 3.21. The Morgan fingerprint density at radius 3 is 3.00 bits per heavy atom. The van der Waals surface area contributed by atoms with Gasteiger partial charge in [0.05, 0.1) is 11.2 Å². The van der Waals surface area contributed by atoms with Crippen LogP contribution in [0.25, 0.3) is 21.7 Å². The fourth-order valence-corrected chi connectivity index (χ4v) is 4.81. The monoisotopic (exact) mass is 384 g/mol. The van der Waals surface area contributed by atoms with Gasteiger partial charge in [-0.15, -0.1) is 11.3 Å². The number of hydrogen-bond donors (Lipinski definition) is 2. The Morgan fingerprint density at radius 2 is 2.22 bits per heavy atom. The maximum Gasteiger partial charge on any atom is 0.298 e. The zero-order valence-electron chi connectivity index (χ0n) is 15.6. The van der Waals surface area contributed by atoms with Gasteiger partial charge in [0.25, 0.3) is 6.01 Å². The summed E-state index contributed by atoms with van der Waals surface area (Å²) in [4.78, 5) is 11.6. The summed E-state index contributed by atoms with van der Waals surface area (Å²) in [6.45, 7) is 5.50. The van der Waals surface area contributed by atoms with E-state index < -0.39 is 5.60 Å². The smallest absolute Gasteiger partial charge is 0.298 e. The Labute approximate surface area is 162 Å². The van der Waals surface area contributed by atoms with E-state index in [4.69, 9.17) is 9.40 Å². The van der Waals surface area contributed by atoms with Crippen LogP contribution in [0.4, 0.5) is 6.01 Å². The molecule has 0 radical (unpaired) electrons. The maximum atomic E-state index is 10.6. The van der Waals surface area contributed by atoms with Gasteiger partial charge in [0.2, 0.25) is 0 Å². The average molecular weight is 385 g/mol. The van der Waals surface area contributed by atoms with E-state index in [9.17, 15) is 5.11 Å². The van der Waals surface area contributed by atoms with Crippen LogP contribution >= 0.6 is 11.3 Å². The highest BCUT2D eigenvalue weighted by atomic mass is 32.1. The molecular formula is C20H24N4O2S. The Kier molecular flexibility index (Phi) is 4.00. The number of nitrogens with one attached hydrogen (secondary N) is 1. The van der Waals surface area contributed by atoms with Gasteiger partial charge in [-0.2, -0.15) is 4.98 Å². The van der Waals surface area contributed by atoms with Crippen molar-refractivity contribution < 1.29 is 9.52 Å². The molecule has 0 saturated carbocycles. The van der Waals surface area contributed by atoms with Crippen molar-refractivity contribution in [2.24, 2.45) is 0 Å². The Balaban J connectivity index is 1.65. The summed E-state index contributed by atoms with van der Waals surface area (Å²) in [5.41, 5.74) is 2.30. The van der Waals surface area contributed by atoms with E-state index in [1.54, 1.807) is 31.4 Å². The molecule has 2 aromatic heterocycles. The van der Waals surface area contributed by atoms with Crippen molar-refractivity contribution in [2.45, 2.75) is 50.8 Å². The summed E-state index contributed by atoms with van der Waals surface area (Å²) in [6, 6.07) is 5.53. The number of anilines is 1. The zero-order valence-corrected chi connectivity index (χ0v) is 16.4. The molecule has 0 amide bonds. The summed E-state index contributed by atoms with van der Waals surface area (Å²) in [6.07, 6.45) is 5.41. The minimum Gasteiger partial charge on any atom is -0.423 e. The lowest BCUT2D eigenvalue weighted by atomic mass is 9.96. The molecule has 142 valence electrons. The lowest BCUT2D eigenvalue weighted by Crippen LogP contribution is -2.54. The van der Waals surface area contributed by atoms with Crippen LogP contribution in [0.3, 0.4) is 0 Å². The van der Waals surface area contributed by atoms with E-state index in [1.165, 1.54) is 12.8 Å². The van der Waals surface area contributed by atoms with Crippen molar-refractivity contribution in [2.75, 3.05) is 18.0 Å². The summed E-state index contributed by atoms with van der Waals surface area (Å²) in [5, 5.41) is 17.0. The standard InChI is InChI=1S/C20H24N4O2S/c1-20(2,25)12-8-15(18-21-6-7-27-18)17-16(9-12)23-19(26-17)24-11-13-4-3-5-14(24)10-22-13/h6-9,13-14,22,25H,3-5,10-11H2,1-2H3. The lowest BCUT2D eigenvalue weighted by Gasteiger charge is -2.36. The highest BCUT2D eigenvalue weighted by molar-refractivity contribution is 7.13. The molecule has 0 aliphatic carbocycles.